The van der Waals surface area contributed by atoms with Gasteiger partial charge in [-0.15, -0.1) is 0 Å². The average molecular weight is 380 g/mol. The summed E-state index contributed by atoms with van der Waals surface area (Å²) in [5, 5.41) is 2.41. The minimum Gasteiger partial charge on any atom is -0.462 e. The smallest absolute Gasteiger partial charge is 0.308 e. The van der Waals surface area contributed by atoms with Crippen molar-refractivity contribution in [2.75, 3.05) is 0 Å². The van der Waals surface area contributed by atoms with Crippen LogP contribution < -0.4 is 4.74 Å². The van der Waals surface area contributed by atoms with E-state index in [1.165, 1.54) is 30.4 Å². The minimum atomic E-state index is -0.296. The molecule has 3 atom stereocenters. The molecule has 2 aliphatic rings. The topological polar surface area (TPSA) is 52.6 Å². The normalized spacial score (nSPS) is 25.9. The van der Waals surface area contributed by atoms with Gasteiger partial charge in [0.05, 0.1) is 0 Å². The molecule has 0 aliphatic heterocycles. The highest BCUT2D eigenvalue weighted by molar-refractivity contribution is 5.92. The molecule has 0 aromatic heterocycles. The van der Waals surface area contributed by atoms with Gasteiger partial charge in [-0.1, -0.05) is 25.1 Å². The zero-order valence-electron chi connectivity index (χ0n) is 17.1. The van der Waals surface area contributed by atoms with Crippen molar-refractivity contribution in [1.29, 1.82) is 0 Å². The molecule has 4 rings (SSSR count). The quantitative estimate of drug-likeness (QED) is 0.541. The van der Waals surface area contributed by atoms with Gasteiger partial charge in [0, 0.05) is 19.3 Å². The lowest BCUT2D eigenvalue weighted by Crippen LogP contribution is -2.40. The van der Waals surface area contributed by atoms with E-state index in [9.17, 15) is 9.59 Å². The minimum absolute atomic E-state index is 0.0249. The average Bonchev–Trinajstić information content (AvgIpc) is 3.01. The third-order valence-electron chi connectivity index (χ3n) is 7.06. The summed E-state index contributed by atoms with van der Waals surface area (Å²) in [6, 6.07) is 8.43. The van der Waals surface area contributed by atoms with E-state index in [1.54, 1.807) is 0 Å². The summed E-state index contributed by atoms with van der Waals surface area (Å²) in [4.78, 5) is 23.0. The van der Waals surface area contributed by atoms with E-state index in [0.717, 1.165) is 43.1 Å². The molecule has 1 fully saturated rings. The predicted molar refractivity (Wildman–Crippen MR) is 109 cm³/mol. The van der Waals surface area contributed by atoms with Crippen LogP contribution in [-0.4, -0.2) is 18.0 Å². The molecule has 0 unspecified atom stereocenters. The number of ether oxygens (including phenoxy) is 2. The van der Waals surface area contributed by atoms with Crippen molar-refractivity contribution in [3.63, 3.8) is 0 Å². The third kappa shape index (κ3) is 2.81. The molecule has 4 nitrogen and oxygen atoms in total. The highest BCUT2D eigenvalue weighted by Crippen LogP contribution is 2.59. The van der Waals surface area contributed by atoms with Crippen LogP contribution in [0.3, 0.4) is 0 Å². The van der Waals surface area contributed by atoms with Crippen molar-refractivity contribution in [1.82, 2.24) is 0 Å². The Morgan fingerprint density at radius 2 is 1.82 bits per heavy atom. The molecular weight excluding hydrogens is 352 g/mol. The maximum absolute atomic E-state index is 11.6. The summed E-state index contributed by atoms with van der Waals surface area (Å²) in [6.07, 6.45) is 5.09. The van der Waals surface area contributed by atoms with E-state index >= 15 is 0 Å². The second kappa shape index (κ2) is 6.91. The molecule has 0 amide bonds. The Hall–Kier alpha value is -2.36. The van der Waals surface area contributed by atoms with Gasteiger partial charge in [0.2, 0.25) is 0 Å². The van der Waals surface area contributed by atoms with E-state index in [0.29, 0.717) is 11.7 Å². The second-order valence-corrected chi connectivity index (χ2v) is 8.33. The zero-order chi connectivity index (χ0) is 20.1. The van der Waals surface area contributed by atoms with Crippen LogP contribution >= 0.6 is 0 Å². The van der Waals surface area contributed by atoms with Crippen molar-refractivity contribution in [3.8, 4) is 5.75 Å². The fraction of sp³-hybridized carbons (Fsp3) is 0.500. The number of benzene rings is 2. The van der Waals surface area contributed by atoms with E-state index in [4.69, 9.17) is 9.47 Å². The van der Waals surface area contributed by atoms with Crippen LogP contribution in [0.1, 0.15) is 69.1 Å². The van der Waals surface area contributed by atoms with Crippen molar-refractivity contribution in [3.05, 3.63) is 41.0 Å². The number of fused-ring (bicyclic) bond motifs is 5. The number of hydrogen-bond acceptors (Lipinski definition) is 4. The number of carbonyl (C=O) groups is 2. The van der Waals surface area contributed by atoms with Crippen LogP contribution in [0.25, 0.3) is 10.8 Å². The summed E-state index contributed by atoms with van der Waals surface area (Å²) >= 11 is 0. The molecule has 0 radical (unpaired) electrons. The third-order valence-corrected chi connectivity index (χ3v) is 7.06. The Balaban J connectivity index is 1.79. The van der Waals surface area contributed by atoms with Crippen molar-refractivity contribution >= 4 is 22.7 Å². The maximum atomic E-state index is 11.6. The first-order valence-corrected chi connectivity index (χ1v) is 10.3. The van der Waals surface area contributed by atoms with Crippen LogP contribution in [-0.2, 0) is 20.7 Å². The second-order valence-electron chi connectivity index (χ2n) is 8.33. The first kappa shape index (κ1) is 19.0. The lowest BCUT2D eigenvalue weighted by molar-refractivity contribution is -0.153. The Kier molecular flexibility index (Phi) is 4.68. The summed E-state index contributed by atoms with van der Waals surface area (Å²) in [5.41, 5.74) is 3.88. The molecule has 0 N–H and O–H groups in total. The zero-order valence-corrected chi connectivity index (χ0v) is 17.1. The first-order valence-electron chi connectivity index (χ1n) is 10.3. The fourth-order valence-corrected chi connectivity index (χ4v) is 5.79. The van der Waals surface area contributed by atoms with Gasteiger partial charge in [-0.3, -0.25) is 9.59 Å². The van der Waals surface area contributed by atoms with E-state index in [1.807, 2.05) is 13.0 Å². The van der Waals surface area contributed by atoms with Gasteiger partial charge < -0.3 is 9.47 Å². The Bertz CT molecular complexity index is 961. The van der Waals surface area contributed by atoms with Crippen molar-refractivity contribution in [2.24, 2.45) is 5.41 Å². The molecule has 4 heteroatoms. The van der Waals surface area contributed by atoms with Gasteiger partial charge in [-0.25, -0.2) is 0 Å². The summed E-state index contributed by atoms with van der Waals surface area (Å²) in [6.45, 7) is 7.19. The fourth-order valence-electron chi connectivity index (χ4n) is 5.79. The van der Waals surface area contributed by atoms with Gasteiger partial charge in [0.1, 0.15) is 11.9 Å². The highest BCUT2D eigenvalue weighted by Gasteiger charge is 2.53. The molecule has 2 aromatic rings. The summed E-state index contributed by atoms with van der Waals surface area (Å²) in [5.74, 6) is 0.602. The lowest BCUT2D eigenvalue weighted by Gasteiger charge is -2.43. The SMILES string of the molecule is CC[C@]12CCc3c(ccc4c(C)c(OC(C)=O)ccc34)[C@H]1CC[C@@H]2OC(C)=O. The van der Waals surface area contributed by atoms with E-state index in [2.05, 4.69) is 25.1 Å². The van der Waals surface area contributed by atoms with Crippen LogP contribution in [0, 0.1) is 12.3 Å². The van der Waals surface area contributed by atoms with Crippen LogP contribution in [0.5, 0.6) is 5.75 Å². The summed E-state index contributed by atoms with van der Waals surface area (Å²) < 4.78 is 11.1. The van der Waals surface area contributed by atoms with Crippen molar-refractivity contribution in [2.45, 2.75) is 71.8 Å². The molecule has 2 aliphatic carbocycles. The van der Waals surface area contributed by atoms with Crippen LogP contribution in [0.15, 0.2) is 24.3 Å². The lowest BCUT2D eigenvalue weighted by atomic mass is 9.63. The number of hydrogen-bond donors (Lipinski definition) is 0. The molecule has 2 aromatic carbocycles. The molecule has 28 heavy (non-hydrogen) atoms. The van der Waals surface area contributed by atoms with Gasteiger partial charge in [-0.05, 0) is 78.5 Å². The predicted octanol–water partition coefficient (Wildman–Crippen LogP) is 5.23. The maximum Gasteiger partial charge on any atom is 0.308 e. The molecule has 0 saturated heterocycles. The number of aryl methyl sites for hydroxylation is 2. The van der Waals surface area contributed by atoms with Crippen molar-refractivity contribution < 1.29 is 19.1 Å². The highest BCUT2D eigenvalue weighted by atomic mass is 16.5. The van der Waals surface area contributed by atoms with Crippen LogP contribution in [0.2, 0.25) is 0 Å². The Morgan fingerprint density at radius 3 is 2.50 bits per heavy atom. The number of rotatable bonds is 3. The van der Waals surface area contributed by atoms with Gasteiger partial charge in [0.15, 0.2) is 0 Å². The first-order chi connectivity index (χ1) is 13.4. The largest absolute Gasteiger partial charge is 0.462 e. The van der Waals surface area contributed by atoms with Gasteiger partial charge in [0.25, 0.3) is 0 Å². The molecule has 0 bridgehead atoms. The molecule has 148 valence electrons. The summed E-state index contributed by atoms with van der Waals surface area (Å²) in [7, 11) is 0. The van der Waals surface area contributed by atoms with Gasteiger partial charge >= 0.3 is 11.9 Å². The monoisotopic (exact) mass is 380 g/mol. The molecule has 0 heterocycles. The number of carbonyl (C=O) groups excluding carboxylic acids is 2. The Labute approximate surface area is 166 Å². The van der Waals surface area contributed by atoms with E-state index < -0.39 is 0 Å². The standard InChI is InChI=1S/C24H28O4/c1-5-24-13-12-19-18-8-10-22(27-15(3)25)14(2)17(18)6-7-20(19)21(24)9-11-23(24)28-16(4)26/h6-8,10,21,23H,5,9,11-13H2,1-4H3/t21-,23+,24+/m1/s1. The molecule has 0 spiro atoms. The van der Waals surface area contributed by atoms with Gasteiger partial charge in [-0.2, -0.15) is 0 Å². The molecular formula is C24H28O4. The molecule has 1 saturated carbocycles. The Morgan fingerprint density at radius 1 is 1.07 bits per heavy atom. The van der Waals surface area contributed by atoms with Crippen LogP contribution in [0.4, 0.5) is 0 Å². The van der Waals surface area contributed by atoms with E-state index in [-0.39, 0.29) is 23.5 Å². The number of esters is 2.